The molecule has 2 N–H and O–H groups in total. The highest BCUT2D eigenvalue weighted by Crippen LogP contribution is 2.64. The molecule has 1 aliphatic carbocycles. The molecule has 2 fully saturated rings. The quantitative estimate of drug-likeness (QED) is 0.480. The first-order chi connectivity index (χ1) is 12.4. The van der Waals surface area contributed by atoms with Crippen LogP contribution in [0.3, 0.4) is 0 Å². The molecule has 5 rings (SSSR count). The van der Waals surface area contributed by atoms with E-state index in [1.165, 1.54) is 7.11 Å². The smallest absolute Gasteiger partial charge is 0.335 e. The number of carbonyl (C=O) groups excluding carboxylic acids is 1. The molecule has 0 amide bonds. The van der Waals surface area contributed by atoms with Crippen molar-refractivity contribution < 1.29 is 19.3 Å². The van der Waals surface area contributed by atoms with Crippen LogP contribution in [0.2, 0.25) is 0 Å². The number of anilines is 1. The summed E-state index contributed by atoms with van der Waals surface area (Å²) in [6.07, 6.45) is 0.648. The summed E-state index contributed by atoms with van der Waals surface area (Å²) in [7, 11) is 1.40. The summed E-state index contributed by atoms with van der Waals surface area (Å²) in [4.78, 5) is 12.8. The molecule has 0 saturated carbocycles. The first-order valence-electron chi connectivity index (χ1n) is 9.39. The van der Waals surface area contributed by atoms with E-state index in [1.54, 1.807) is 6.92 Å². The molecule has 1 spiro atoms. The topological polar surface area (TPSA) is 81.6 Å². The molecule has 2 bridgehead atoms. The Balaban J connectivity index is 1.85. The van der Waals surface area contributed by atoms with E-state index in [1.807, 2.05) is 18.2 Å². The summed E-state index contributed by atoms with van der Waals surface area (Å²) >= 11 is 0. The number of aliphatic hydroxyl groups is 1. The Kier molecular flexibility index (Phi) is 3.19. The maximum atomic E-state index is 13.7. The molecule has 1 unspecified atom stereocenters. The Bertz CT molecular complexity index is 835. The van der Waals surface area contributed by atoms with Gasteiger partial charge in [-0.3, -0.25) is 0 Å². The summed E-state index contributed by atoms with van der Waals surface area (Å²) < 4.78 is 4.88. The molecule has 1 aromatic carbocycles. The third-order valence-corrected chi connectivity index (χ3v) is 7.26. The van der Waals surface area contributed by atoms with Crippen molar-refractivity contribution in [1.82, 2.24) is 0 Å². The second-order valence-electron chi connectivity index (χ2n) is 8.23. The van der Waals surface area contributed by atoms with Crippen LogP contribution in [-0.2, 0) is 14.9 Å². The van der Waals surface area contributed by atoms with E-state index in [0.29, 0.717) is 31.5 Å². The van der Waals surface area contributed by atoms with Crippen molar-refractivity contribution in [2.75, 3.05) is 25.5 Å². The number of nitrogens with one attached hydrogen (secondary N) is 1. The van der Waals surface area contributed by atoms with Gasteiger partial charge in [0.15, 0.2) is 0 Å². The van der Waals surface area contributed by atoms with Crippen molar-refractivity contribution in [2.45, 2.75) is 37.3 Å². The minimum Gasteiger partial charge on any atom is -0.633 e. The van der Waals surface area contributed by atoms with Crippen LogP contribution in [0.15, 0.2) is 35.5 Å². The summed E-state index contributed by atoms with van der Waals surface area (Å²) in [5.41, 5.74) is 3.02. The number of aliphatic hydroxyl groups excluding tert-OH is 1. The van der Waals surface area contributed by atoms with Gasteiger partial charge in [0.05, 0.1) is 37.3 Å². The van der Waals surface area contributed by atoms with Gasteiger partial charge in [0.1, 0.15) is 6.04 Å². The number of ether oxygens (including phenoxy) is 1. The fourth-order valence-corrected chi connectivity index (χ4v) is 6.44. The van der Waals surface area contributed by atoms with Crippen LogP contribution in [0.25, 0.3) is 0 Å². The van der Waals surface area contributed by atoms with Crippen molar-refractivity contribution in [3.63, 3.8) is 0 Å². The number of quaternary nitrogens is 1. The van der Waals surface area contributed by atoms with Gasteiger partial charge in [-0.25, -0.2) is 4.79 Å². The van der Waals surface area contributed by atoms with Crippen molar-refractivity contribution in [3.8, 4) is 0 Å². The average molecular weight is 356 g/mol. The molecule has 6 heteroatoms. The number of piperidine rings is 1. The third kappa shape index (κ3) is 1.70. The normalized spacial score (nSPS) is 40.5. The maximum Gasteiger partial charge on any atom is 0.335 e. The van der Waals surface area contributed by atoms with E-state index in [4.69, 9.17) is 4.74 Å². The highest BCUT2D eigenvalue weighted by atomic mass is 16.6. The summed E-state index contributed by atoms with van der Waals surface area (Å²) in [5, 5.41) is 27.9. The second kappa shape index (κ2) is 5.09. The molecule has 0 aromatic heterocycles. The van der Waals surface area contributed by atoms with E-state index in [0.717, 1.165) is 16.9 Å². The Morgan fingerprint density at radius 1 is 1.42 bits per heavy atom. The fraction of sp³-hybridized carbons (Fsp3) is 0.550. The number of hydroxylamine groups is 3. The molecule has 6 nitrogen and oxygen atoms in total. The van der Waals surface area contributed by atoms with Crippen LogP contribution in [-0.4, -0.2) is 48.1 Å². The minimum absolute atomic E-state index is 0.143. The largest absolute Gasteiger partial charge is 0.633 e. The van der Waals surface area contributed by atoms with E-state index >= 15 is 0 Å². The molecule has 2 saturated heterocycles. The summed E-state index contributed by atoms with van der Waals surface area (Å²) in [6, 6.07) is 7.75. The van der Waals surface area contributed by atoms with E-state index in [9.17, 15) is 15.1 Å². The molecule has 26 heavy (non-hydrogen) atoms. The highest BCUT2D eigenvalue weighted by molar-refractivity contribution is 5.93. The zero-order valence-corrected chi connectivity index (χ0v) is 15.1. The van der Waals surface area contributed by atoms with Crippen LogP contribution in [0.4, 0.5) is 5.69 Å². The number of nitrogens with zero attached hydrogens (tertiary/aromatic N) is 1. The third-order valence-electron chi connectivity index (χ3n) is 7.26. The van der Waals surface area contributed by atoms with Crippen molar-refractivity contribution in [3.05, 3.63) is 46.3 Å². The first kappa shape index (κ1) is 16.3. The number of fused-ring (bicyclic) bond motifs is 2. The van der Waals surface area contributed by atoms with Crippen LogP contribution in [0, 0.1) is 17.0 Å². The van der Waals surface area contributed by atoms with Crippen LogP contribution in [0.1, 0.15) is 25.3 Å². The number of benzene rings is 1. The molecule has 4 aliphatic rings. The Labute approximate surface area is 152 Å². The number of methoxy groups -OCH3 is 1. The lowest BCUT2D eigenvalue weighted by molar-refractivity contribution is -0.906. The minimum atomic E-state index is -0.652. The average Bonchev–Trinajstić information content (AvgIpc) is 3.14. The van der Waals surface area contributed by atoms with Gasteiger partial charge in [0.2, 0.25) is 0 Å². The van der Waals surface area contributed by atoms with Gasteiger partial charge in [0.25, 0.3) is 0 Å². The monoisotopic (exact) mass is 356 g/mol. The molecule has 6 atom stereocenters. The fourth-order valence-electron chi connectivity index (χ4n) is 6.44. The molecule has 3 heterocycles. The van der Waals surface area contributed by atoms with Gasteiger partial charge in [-0.15, -0.1) is 0 Å². The zero-order chi connectivity index (χ0) is 18.3. The van der Waals surface area contributed by atoms with Gasteiger partial charge in [-0.05, 0) is 18.6 Å². The number of rotatable bonds is 2. The van der Waals surface area contributed by atoms with Crippen LogP contribution < -0.4 is 5.32 Å². The van der Waals surface area contributed by atoms with Crippen LogP contribution in [0.5, 0.6) is 0 Å². The first-order valence-corrected chi connectivity index (χ1v) is 9.39. The highest BCUT2D eigenvalue weighted by Gasteiger charge is 2.70. The van der Waals surface area contributed by atoms with E-state index in [-0.39, 0.29) is 28.5 Å². The predicted octanol–water partition coefficient (Wildman–Crippen LogP) is 1.89. The SMILES string of the molecule is COC(=O)C1=C2Nc3ccccc3[C@]23CC[N+]2([O-])CC[C@H]1[C@@H]([C@@H](C)O)[C@H]32. The Morgan fingerprint density at radius 2 is 2.19 bits per heavy atom. The number of hydrogen-bond acceptors (Lipinski definition) is 5. The van der Waals surface area contributed by atoms with Gasteiger partial charge in [-0.1, -0.05) is 18.2 Å². The zero-order valence-electron chi connectivity index (χ0n) is 15.1. The summed E-state index contributed by atoms with van der Waals surface area (Å²) in [5.74, 6) is -0.725. The molecule has 138 valence electrons. The van der Waals surface area contributed by atoms with Gasteiger partial charge < -0.3 is 25.0 Å². The number of carbonyl (C=O) groups is 1. The molecule has 0 radical (unpaired) electrons. The van der Waals surface area contributed by atoms with Crippen molar-refractivity contribution in [2.24, 2.45) is 11.8 Å². The van der Waals surface area contributed by atoms with Crippen molar-refractivity contribution in [1.29, 1.82) is 0 Å². The lowest BCUT2D eigenvalue weighted by Crippen LogP contribution is -2.66. The molecular formula is C20H24N2O4. The van der Waals surface area contributed by atoms with Gasteiger partial charge in [0, 0.05) is 36.1 Å². The lowest BCUT2D eigenvalue weighted by atomic mass is 9.56. The molecule has 3 aliphatic heterocycles. The van der Waals surface area contributed by atoms with Gasteiger partial charge in [-0.2, -0.15) is 0 Å². The van der Waals surface area contributed by atoms with Crippen LogP contribution >= 0.6 is 0 Å². The standard InChI is InChI=1S/C20H24N2O4/c1-11(23)15-12-7-9-22(25)10-8-20(18(15)22)13-5-3-4-6-14(13)21-17(20)16(12)19(24)26-2/h3-6,11-12,15,18,21,23H,7-10H2,1-2H3/t11-,12+,15-,18-,20-,22?/m1/s1. The summed E-state index contributed by atoms with van der Waals surface area (Å²) in [6.45, 7) is 2.78. The predicted molar refractivity (Wildman–Crippen MR) is 95.8 cm³/mol. The van der Waals surface area contributed by atoms with E-state index < -0.39 is 11.5 Å². The Hall–Kier alpha value is -1.89. The number of para-hydroxylation sites is 1. The van der Waals surface area contributed by atoms with Gasteiger partial charge >= 0.3 is 5.97 Å². The number of hydrogen-bond donors (Lipinski definition) is 2. The Morgan fingerprint density at radius 3 is 2.92 bits per heavy atom. The maximum absolute atomic E-state index is 13.7. The lowest BCUT2D eigenvalue weighted by Gasteiger charge is -2.59. The molecule has 1 aromatic rings. The molecular weight excluding hydrogens is 332 g/mol. The second-order valence-corrected chi connectivity index (χ2v) is 8.23. The van der Waals surface area contributed by atoms with Crippen molar-refractivity contribution >= 4 is 11.7 Å². The number of esters is 1. The van der Waals surface area contributed by atoms with E-state index in [2.05, 4.69) is 11.4 Å².